The topological polar surface area (TPSA) is 155 Å². The van der Waals surface area contributed by atoms with Crippen molar-refractivity contribution in [3.8, 4) is 6.07 Å². The van der Waals surface area contributed by atoms with E-state index in [9.17, 15) is 19.2 Å². The van der Waals surface area contributed by atoms with E-state index in [2.05, 4.69) is 4.74 Å². The Labute approximate surface area is 203 Å². The van der Waals surface area contributed by atoms with Crippen LogP contribution >= 0.6 is 11.3 Å². The molecule has 0 aromatic carbocycles. The van der Waals surface area contributed by atoms with E-state index in [0.29, 0.717) is 22.7 Å². The molecular formula is C23H32N2O8S. The smallest absolute Gasteiger partial charge is 0.348 e. The molecule has 10 nitrogen and oxygen atoms in total. The Morgan fingerprint density at radius 3 is 2.03 bits per heavy atom. The number of rotatable bonds is 9. The number of methoxy groups -OCH3 is 1. The normalized spacial score (nSPS) is 12.5. The summed E-state index contributed by atoms with van der Waals surface area (Å²) in [6.45, 7) is 10.6. The van der Waals surface area contributed by atoms with E-state index in [0.717, 1.165) is 0 Å². The van der Waals surface area contributed by atoms with E-state index in [1.54, 1.807) is 53.0 Å². The number of hydrogen-bond donors (Lipinski definition) is 1. The summed E-state index contributed by atoms with van der Waals surface area (Å²) >= 11 is 1.21. The van der Waals surface area contributed by atoms with Crippen LogP contribution in [0.3, 0.4) is 0 Å². The van der Waals surface area contributed by atoms with Crippen LogP contribution in [-0.2, 0) is 33.3 Å². The number of thiophene rings is 1. The molecule has 0 aliphatic carbocycles. The molecule has 2 N–H and O–H groups in total. The molecule has 0 saturated heterocycles. The molecule has 0 radical (unpaired) electrons. The third kappa shape index (κ3) is 8.51. The van der Waals surface area contributed by atoms with Gasteiger partial charge in [-0.15, -0.1) is 11.3 Å². The van der Waals surface area contributed by atoms with Crippen LogP contribution in [-0.4, -0.2) is 50.8 Å². The van der Waals surface area contributed by atoms with E-state index in [1.165, 1.54) is 18.4 Å². The van der Waals surface area contributed by atoms with Gasteiger partial charge in [0.2, 0.25) is 0 Å². The molecule has 1 aromatic rings. The maximum absolute atomic E-state index is 11.6. The second-order valence-corrected chi connectivity index (χ2v) is 7.67. The standard InChI is InChI=1S/C12H17NO4.C11H15NO4S/c1-5-16-11(14)9(4)8(3)10(7-13)12(15)17-6-2;1-4-16-10(13)6(2)7-5-17-9(12)8(7)11(14)15-3/h9H,5-6H2,1-4H3;5-6H,4,12H2,1-3H3. The first-order valence-corrected chi connectivity index (χ1v) is 11.5. The third-order valence-electron chi connectivity index (χ3n) is 4.62. The van der Waals surface area contributed by atoms with Crippen molar-refractivity contribution in [3.63, 3.8) is 0 Å². The number of carbonyl (C=O) groups is 4. The molecule has 1 aromatic heterocycles. The molecule has 11 heteroatoms. The molecule has 0 aliphatic heterocycles. The van der Waals surface area contributed by atoms with Crippen molar-refractivity contribution < 1.29 is 38.1 Å². The van der Waals surface area contributed by atoms with Gasteiger partial charge in [0.1, 0.15) is 16.6 Å². The SMILES string of the molecule is CCOC(=O)C(C#N)=C(C)C(C)C(=O)OCC.CCOC(=O)C(C)c1csc(N)c1C(=O)OC. The van der Waals surface area contributed by atoms with Gasteiger partial charge in [0, 0.05) is 0 Å². The second kappa shape index (κ2) is 15.4. The van der Waals surface area contributed by atoms with Gasteiger partial charge in [0.25, 0.3) is 0 Å². The molecule has 0 spiro atoms. The van der Waals surface area contributed by atoms with Gasteiger partial charge >= 0.3 is 23.9 Å². The summed E-state index contributed by atoms with van der Waals surface area (Å²) in [5, 5.41) is 10.9. The fourth-order valence-electron chi connectivity index (χ4n) is 2.58. The summed E-state index contributed by atoms with van der Waals surface area (Å²) in [4.78, 5) is 46.1. The third-order valence-corrected chi connectivity index (χ3v) is 5.45. The van der Waals surface area contributed by atoms with Gasteiger partial charge in [-0.25, -0.2) is 9.59 Å². The van der Waals surface area contributed by atoms with Gasteiger partial charge in [-0.2, -0.15) is 5.26 Å². The van der Waals surface area contributed by atoms with Crippen molar-refractivity contribution in [2.24, 2.45) is 5.92 Å². The number of anilines is 1. The highest BCUT2D eigenvalue weighted by Gasteiger charge is 2.26. The minimum absolute atomic E-state index is 0.132. The number of hydrogen-bond acceptors (Lipinski definition) is 11. The Morgan fingerprint density at radius 1 is 1.03 bits per heavy atom. The van der Waals surface area contributed by atoms with Crippen LogP contribution in [0, 0.1) is 17.2 Å². The van der Waals surface area contributed by atoms with Crippen molar-refractivity contribution >= 4 is 40.2 Å². The number of nitrogen functional groups attached to an aromatic ring is 1. The number of nitrogens with two attached hydrogens (primary N) is 1. The Morgan fingerprint density at radius 2 is 1.56 bits per heavy atom. The lowest BCUT2D eigenvalue weighted by Gasteiger charge is -2.12. The summed E-state index contributed by atoms with van der Waals surface area (Å²) in [7, 11) is 1.28. The predicted octanol–water partition coefficient (Wildman–Crippen LogP) is 3.37. The molecule has 188 valence electrons. The predicted molar refractivity (Wildman–Crippen MR) is 126 cm³/mol. The zero-order chi connectivity index (χ0) is 26.4. The molecule has 1 rings (SSSR count). The van der Waals surface area contributed by atoms with Gasteiger partial charge in [0.05, 0.1) is 44.3 Å². The quantitative estimate of drug-likeness (QED) is 0.233. The molecule has 2 unspecified atom stereocenters. The van der Waals surface area contributed by atoms with E-state index in [-0.39, 0.29) is 30.3 Å². The molecule has 34 heavy (non-hydrogen) atoms. The first kappa shape index (κ1) is 30.6. The number of carbonyl (C=O) groups excluding carboxylic acids is 4. The largest absolute Gasteiger partial charge is 0.466 e. The summed E-state index contributed by atoms with van der Waals surface area (Å²) in [6.07, 6.45) is 0. The minimum Gasteiger partial charge on any atom is -0.466 e. The lowest BCUT2D eigenvalue weighted by Crippen LogP contribution is -2.19. The molecule has 0 fully saturated rings. The Bertz CT molecular complexity index is 945. The zero-order valence-corrected chi connectivity index (χ0v) is 21.4. The Balaban J connectivity index is 0.000000641. The fraction of sp³-hybridized carbons (Fsp3) is 0.522. The highest BCUT2D eigenvalue weighted by atomic mass is 32.1. The molecule has 0 aliphatic rings. The number of esters is 4. The van der Waals surface area contributed by atoms with E-state index < -0.39 is 29.7 Å². The van der Waals surface area contributed by atoms with E-state index >= 15 is 0 Å². The molecule has 0 bridgehead atoms. The lowest BCUT2D eigenvalue weighted by atomic mass is 9.98. The molecule has 0 saturated carbocycles. The van der Waals surface area contributed by atoms with Gasteiger partial charge in [-0.3, -0.25) is 9.59 Å². The molecule has 2 atom stereocenters. The van der Waals surface area contributed by atoms with Crippen LogP contribution in [0.15, 0.2) is 16.5 Å². The van der Waals surface area contributed by atoms with E-state index in [1.807, 2.05) is 0 Å². The molecular weight excluding hydrogens is 464 g/mol. The van der Waals surface area contributed by atoms with E-state index in [4.69, 9.17) is 25.2 Å². The summed E-state index contributed by atoms with van der Waals surface area (Å²) in [5.74, 6) is -3.23. The van der Waals surface area contributed by atoms with Crippen LogP contribution in [0.1, 0.15) is 63.4 Å². The zero-order valence-electron chi connectivity index (χ0n) is 20.6. The lowest BCUT2D eigenvalue weighted by molar-refractivity contribution is -0.146. The monoisotopic (exact) mass is 496 g/mol. The molecule has 1 heterocycles. The van der Waals surface area contributed by atoms with Gasteiger partial charge in [-0.05, 0) is 58.1 Å². The average molecular weight is 497 g/mol. The van der Waals surface area contributed by atoms with Crippen LogP contribution in [0.5, 0.6) is 0 Å². The van der Waals surface area contributed by atoms with Crippen molar-refractivity contribution in [2.45, 2.75) is 47.5 Å². The van der Waals surface area contributed by atoms with Crippen LogP contribution < -0.4 is 5.73 Å². The first-order valence-electron chi connectivity index (χ1n) is 10.6. The van der Waals surface area contributed by atoms with Crippen molar-refractivity contribution in [3.05, 3.63) is 27.7 Å². The van der Waals surface area contributed by atoms with Crippen LogP contribution in [0.2, 0.25) is 0 Å². The maximum Gasteiger partial charge on any atom is 0.348 e. The highest BCUT2D eigenvalue weighted by Crippen LogP contribution is 2.32. The van der Waals surface area contributed by atoms with Crippen molar-refractivity contribution in [1.29, 1.82) is 5.26 Å². The number of ether oxygens (including phenoxy) is 4. The minimum atomic E-state index is -0.705. The van der Waals surface area contributed by atoms with Gasteiger partial charge in [-0.1, -0.05) is 0 Å². The van der Waals surface area contributed by atoms with Gasteiger partial charge < -0.3 is 24.7 Å². The Hall–Kier alpha value is -3.39. The maximum atomic E-state index is 11.6. The average Bonchev–Trinajstić information content (AvgIpc) is 3.20. The van der Waals surface area contributed by atoms with Crippen LogP contribution in [0.25, 0.3) is 0 Å². The van der Waals surface area contributed by atoms with Gasteiger partial charge in [0.15, 0.2) is 0 Å². The molecule has 0 amide bonds. The number of nitriles is 1. The summed E-state index contributed by atoms with van der Waals surface area (Å²) in [5.41, 5.74) is 6.74. The van der Waals surface area contributed by atoms with Crippen LogP contribution in [0.4, 0.5) is 5.00 Å². The fourth-order valence-corrected chi connectivity index (χ4v) is 3.47. The number of nitrogens with zero attached hydrogens (tertiary/aromatic N) is 1. The van der Waals surface area contributed by atoms with Crippen molar-refractivity contribution in [2.75, 3.05) is 32.7 Å². The summed E-state index contributed by atoms with van der Waals surface area (Å²) < 4.78 is 19.1. The van der Waals surface area contributed by atoms with Crippen molar-refractivity contribution in [1.82, 2.24) is 0 Å². The highest BCUT2D eigenvalue weighted by molar-refractivity contribution is 7.14. The summed E-state index contributed by atoms with van der Waals surface area (Å²) in [6, 6.07) is 1.76. The second-order valence-electron chi connectivity index (χ2n) is 6.76. The Kier molecular flexibility index (Phi) is 13.9. The first-order chi connectivity index (χ1) is 16.0.